The van der Waals surface area contributed by atoms with Crippen LogP contribution in [0, 0.1) is 6.92 Å². The largest absolute Gasteiger partial charge is 0.476 e. The minimum Gasteiger partial charge on any atom is -0.476 e. The summed E-state index contributed by atoms with van der Waals surface area (Å²) in [6.07, 6.45) is 0. The van der Waals surface area contributed by atoms with Gasteiger partial charge in [0, 0.05) is 6.07 Å². The molecular formula is C15H11N3O6. The first-order valence-electron chi connectivity index (χ1n) is 7.03. The van der Waals surface area contributed by atoms with Gasteiger partial charge in [0.1, 0.15) is 5.58 Å². The molecule has 0 spiro atoms. The number of hydrogen-bond donors (Lipinski definition) is 1. The molecule has 3 aromatic rings. The first-order valence-corrected chi connectivity index (χ1v) is 7.03. The molecular weight excluding hydrogens is 318 g/mol. The zero-order chi connectivity index (χ0) is 16.8. The standard InChI is InChI=1S/C15H11N3O6/c1-7-13(15(20)21)18(17-16-7)5-8-4-11(19)24-9-2-3-10-14(12(8)9)23-6-22-10/h2-4H,5-6H2,1H3,(H,20,21). The minimum atomic E-state index is -1.14. The summed E-state index contributed by atoms with van der Waals surface area (Å²) in [5.41, 5.74) is 0.539. The Labute approximate surface area is 134 Å². The summed E-state index contributed by atoms with van der Waals surface area (Å²) in [4.78, 5) is 23.2. The highest BCUT2D eigenvalue weighted by molar-refractivity contribution is 5.90. The number of rotatable bonds is 3. The molecule has 0 saturated carbocycles. The molecule has 0 bridgehead atoms. The van der Waals surface area contributed by atoms with Crippen LogP contribution in [0.5, 0.6) is 11.5 Å². The number of aromatic nitrogens is 3. The molecule has 9 nitrogen and oxygen atoms in total. The first-order chi connectivity index (χ1) is 11.5. The number of fused-ring (bicyclic) bond motifs is 3. The highest BCUT2D eigenvalue weighted by Gasteiger charge is 2.23. The predicted octanol–water partition coefficient (Wildman–Crippen LogP) is 1.17. The summed E-state index contributed by atoms with van der Waals surface area (Å²) in [5.74, 6) is -0.152. The molecule has 0 amide bonds. The van der Waals surface area contributed by atoms with Crippen LogP contribution in [0.1, 0.15) is 21.7 Å². The fourth-order valence-corrected chi connectivity index (χ4v) is 2.76. The molecule has 4 rings (SSSR count). The summed E-state index contributed by atoms with van der Waals surface area (Å²) in [6, 6.07) is 4.55. The zero-order valence-electron chi connectivity index (χ0n) is 12.5. The normalized spacial score (nSPS) is 12.7. The van der Waals surface area contributed by atoms with E-state index in [-0.39, 0.29) is 19.0 Å². The Balaban J connectivity index is 1.93. The van der Waals surface area contributed by atoms with Crippen LogP contribution in [0.4, 0.5) is 0 Å². The Kier molecular flexibility index (Phi) is 3.02. The van der Waals surface area contributed by atoms with Crippen LogP contribution in [0.2, 0.25) is 0 Å². The zero-order valence-corrected chi connectivity index (χ0v) is 12.5. The third kappa shape index (κ3) is 2.09. The van der Waals surface area contributed by atoms with Crippen molar-refractivity contribution in [3.8, 4) is 11.5 Å². The lowest BCUT2D eigenvalue weighted by Gasteiger charge is -2.09. The molecule has 0 saturated heterocycles. The molecule has 0 fully saturated rings. The third-order valence-electron chi connectivity index (χ3n) is 3.75. The van der Waals surface area contributed by atoms with Gasteiger partial charge < -0.3 is 19.0 Å². The summed E-state index contributed by atoms with van der Waals surface area (Å²) in [6.45, 7) is 1.65. The maximum absolute atomic E-state index is 11.8. The third-order valence-corrected chi connectivity index (χ3v) is 3.75. The van der Waals surface area contributed by atoms with E-state index in [0.717, 1.165) is 0 Å². The average molecular weight is 329 g/mol. The van der Waals surface area contributed by atoms with Crippen LogP contribution in [-0.2, 0) is 6.54 Å². The molecule has 9 heteroatoms. The molecule has 122 valence electrons. The number of carboxylic acids is 1. The molecule has 0 unspecified atom stereocenters. The Morgan fingerprint density at radius 1 is 1.38 bits per heavy atom. The number of benzene rings is 1. The monoisotopic (exact) mass is 329 g/mol. The van der Waals surface area contributed by atoms with Crippen molar-refractivity contribution in [1.82, 2.24) is 15.0 Å². The van der Waals surface area contributed by atoms with Gasteiger partial charge in [0.05, 0.1) is 17.6 Å². The van der Waals surface area contributed by atoms with E-state index in [4.69, 9.17) is 13.9 Å². The van der Waals surface area contributed by atoms with Crippen LogP contribution < -0.4 is 15.1 Å². The van der Waals surface area contributed by atoms with Gasteiger partial charge >= 0.3 is 11.6 Å². The van der Waals surface area contributed by atoms with Gasteiger partial charge in [-0.3, -0.25) is 0 Å². The Hall–Kier alpha value is -3.36. The molecule has 24 heavy (non-hydrogen) atoms. The van der Waals surface area contributed by atoms with E-state index < -0.39 is 11.6 Å². The quantitative estimate of drug-likeness (QED) is 0.712. The molecule has 1 aliphatic heterocycles. The van der Waals surface area contributed by atoms with Gasteiger partial charge in [-0.05, 0) is 24.6 Å². The maximum Gasteiger partial charge on any atom is 0.356 e. The van der Waals surface area contributed by atoms with E-state index in [1.54, 1.807) is 19.1 Å². The topological polar surface area (TPSA) is 117 Å². The van der Waals surface area contributed by atoms with Crippen molar-refractivity contribution in [3.63, 3.8) is 0 Å². The Morgan fingerprint density at radius 2 is 2.21 bits per heavy atom. The van der Waals surface area contributed by atoms with Gasteiger partial charge in [0.2, 0.25) is 6.79 Å². The van der Waals surface area contributed by atoms with Gasteiger partial charge in [0.15, 0.2) is 17.2 Å². The highest BCUT2D eigenvalue weighted by Crippen LogP contribution is 2.40. The van der Waals surface area contributed by atoms with E-state index in [1.165, 1.54) is 10.7 Å². The number of aryl methyl sites for hydroxylation is 1. The second-order valence-electron chi connectivity index (χ2n) is 5.25. The molecule has 1 N–H and O–H groups in total. The van der Waals surface area contributed by atoms with Gasteiger partial charge in [-0.15, -0.1) is 5.10 Å². The number of carbonyl (C=O) groups is 1. The smallest absolute Gasteiger partial charge is 0.356 e. The summed E-state index contributed by atoms with van der Waals surface area (Å²) in [5, 5.41) is 17.5. The Bertz CT molecular complexity index is 1040. The summed E-state index contributed by atoms with van der Waals surface area (Å²) >= 11 is 0. The van der Waals surface area contributed by atoms with Gasteiger partial charge in [0.25, 0.3) is 0 Å². The molecule has 0 radical (unpaired) electrons. The van der Waals surface area contributed by atoms with E-state index >= 15 is 0 Å². The van der Waals surface area contributed by atoms with Crippen molar-refractivity contribution in [2.24, 2.45) is 0 Å². The Morgan fingerprint density at radius 3 is 3.00 bits per heavy atom. The molecule has 2 aromatic heterocycles. The SMILES string of the molecule is Cc1nnn(Cc2cc(=O)oc3ccc4c(c23)OCO4)c1C(=O)O. The second kappa shape index (κ2) is 5.08. The van der Waals surface area contributed by atoms with Crippen molar-refractivity contribution in [1.29, 1.82) is 0 Å². The van der Waals surface area contributed by atoms with Crippen molar-refractivity contribution in [2.75, 3.05) is 6.79 Å². The first kappa shape index (κ1) is 14.2. The van der Waals surface area contributed by atoms with Crippen LogP contribution in [-0.4, -0.2) is 32.9 Å². The lowest BCUT2D eigenvalue weighted by molar-refractivity contribution is 0.0683. The average Bonchev–Trinajstić information content (AvgIpc) is 3.13. The molecule has 1 aromatic carbocycles. The molecule has 1 aliphatic rings. The van der Waals surface area contributed by atoms with Crippen molar-refractivity contribution >= 4 is 16.9 Å². The van der Waals surface area contributed by atoms with Crippen molar-refractivity contribution < 1.29 is 23.8 Å². The summed E-state index contributed by atoms with van der Waals surface area (Å²) < 4.78 is 17.2. The van der Waals surface area contributed by atoms with Crippen molar-refractivity contribution in [2.45, 2.75) is 13.5 Å². The van der Waals surface area contributed by atoms with Gasteiger partial charge in [-0.2, -0.15) is 0 Å². The van der Waals surface area contributed by atoms with E-state index in [0.29, 0.717) is 33.7 Å². The number of carboxylic acid groups (broad SMARTS) is 1. The number of hydrogen-bond acceptors (Lipinski definition) is 7. The minimum absolute atomic E-state index is 0.0321. The number of ether oxygens (including phenoxy) is 2. The van der Waals surface area contributed by atoms with Crippen LogP contribution in [0.15, 0.2) is 27.4 Å². The fraction of sp³-hybridized carbons (Fsp3) is 0.200. The second-order valence-corrected chi connectivity index (χ2v) is 5.25. The van der Waals surface area contributed by atoms with Crippen LogP contribution >= 0.6 is 0 Å². The van der Waals surface area contributed by atoms with E-state index in [9.17, 15) is 14.7 Å². The van der Waals surface area contributed by atoms with Crippen LogP contribution in [0.25, 0.3) is 11.0 Å². The lowest BCUT2D eigenvalue weighted by atomic mass is 10.1. The summed E-state index contributed by atoms with van der Waals surface area (Å²) in [7, 11) is 0. The van der Waals surface area contributed by atoms with E-state index in [1.807, 2.05) is 0 Å². The van der Waals surface area contributed by atoms with Crippen LogP contribution in [0.3, 0.4) is 0 Å². The maximum atomic E-state index is 11.8. The van der Waals surface area contributed by atoms with Crippen molar-refractivity contribution in [3.05, 3.63) is 45.6 Å². The molecule has 0 aliphatic carbocycles. The highest BCUT2D eigenvalue weighted by atomic mass is 16.7. The molecule has 3 heterocycles. The number of nitrogens with zero attached hydrogens (tertiary/aromatic N) is 3. The predicted molar refractivity (Wildman–Crippen MR) is 79.4 cm³/mol. The van der Waals surface area contributed by atoms with E-state index in [2.05, 4.69) is 10.3 Å². The molecule has 0 atom stereocenters. The fourth-order valence-electron chi connectivity index (χ4n) is 2.76. The number of aromatic carboxylic acids is 1. The lowest BCUT2D eigenvalue weighted by Crippen LogP contribution is -2.13. The van der Waals surface area contributed by atoms with Gasteiger partial charge in [-0.25, -0.2) is 14.3 Å². The van der Waals surface area contributed by atoms with Gasteiger partial charge in [-0.1, -0.05) is 5.21 Å².